The molecule has 0 bridgehead atoms. The zero-order valence-corrected chi connectivity index (χ0v) is 11.7. The Kier molecular flexibility index (Phi) is 4.17. The van der Waals surface area contributed by atoms with E-state index in [4.69, 9.17) is 10.5 Å². The SMILES string of the molecule is COc1ncccc1C(N)Cc1ccc(C)c(C)c1. The highest BCUT2D eigenvalue weighted by molar-refractivity contribution is 5.34. The van der Waals surface area contributed by atoms with E-state index in [2.05, 4.69) is 37.0 Å². The molecule has 0 radical (unpaired) electrons. The molecule has 1 aromatic heterocycles. The van der Waals surface area contributed by atoms with Crippen LogP contribution < -0.4 is 10.5 Å². The Hall–Kier alpha value is -1.87. The fourth-order valence-corrected chi connectivity index (χ4v) is 2.15. The molecule has 1 atom stereocenters. The van der Waals surface area contributed by atoms with Crippen LogP contribution >= 0.6 is 0 Å². The number of hydrogen-bond acceptors (Lipinski definition) is 3. The van der Waals surface area contributed by atoms with Gasteiger partial charge in [-0.3, -0.25) is 0 Å². The van der Waals surface area contributed by atoms with E-state index < -0.39 is 0 Å². The molecule has 2 aromatic rings. The molecule has 2 rings (SSSR count). The summed E-state index contributed by atoms with van der Waals surface area (Å²) in [5.41, 5.74) is 11.1. The Balaban J connectivity index is 2.20. The molecule has 0 fully saturated rings. The van der Waals surface area contributed by atoms with Gasteiger partial charge in [-0.1, -0.05) is 24.3 Å². The number of hydrogen-bond donors (Lipinski definition) is 1. The topological polar surface area (TPSA) is 48.1 Å². The van der Waals surface area contributed by atoms with Gasteiger partial charge in [0.05, 0.1) is 7.11 Å². The molecule has 2 N–H and O–H groups in total. The first-order valence-electron chi connectivity index (χ1n) is 6.42. The van der Waals surface area contributed by atoms with Crippen LogP contribution in [0.1, 0.15) is 28.3 Å². The second kappa shape index (κ2) is 5.85. The smallest absolute Gasteiger partial charge is 0.217 e. The van der Waals surface area contributed by atoms with Crippen LogP contribution in [0.4, 0.5) is 0 Å². The second-order valence-electron chi connectivity index (χ2n) is 4.83. The quantitative estimate of drug-likeness (QED) is 0.915. The predicted molar refractivity (Wildman–Crippen MR) is 77.3 cm³/mol. The average molecular weight is 256 g/mol. The molecule has 1 unspecified atom stereocenters. The third-order valence-corrected chi connectivity index (χ3v) is 3.42. The number of nitrogens with two attached hydrogens (primary N) is 1. The molecule has 0 spiro atoms. The van der Waals surface area contributed by atoms with Gasteiger partial charge in [0.25, 0.3) is 0 Å². The first kappa shape index (κ1) is 13.6. The van der Waals surface area contributed by atoms with E-state index >= 15 is 0 Å². The lowest BCUT2D eigenvalue weighted by molar-refractivity contribution is 0.388. The molecule has 1 heterocycles. The number of aryl methyl sites for hydroxylation is 2. The lowest BCUT2D eigenvalue weighted by Crippen LogP contribution is -2.15. The lowest BCUT2D eigenvalue weighted by Gasteiger charge is -2.15. The number of rotatable bonds is 4. The van der Waals surface area contributed by atoms with E-state index in [-0.39, 0.29) is 6.04 Å². The molecule has 0 aliphatic heterocycles. The van der Waals surface area contributed by atoms with E-state index in [0.717, 1.165) is 12.0 Å². The minimum Gasteiger partial charge on any atom is -0.481 e. The van der Waals surface area contributed by atoms with Crippen LogP contribution in [-0.4, -0.2) is 12.1 Å². The molecule has 0 saturated carbocycles. The summed E-state index contributed by atoms with van der Waals surface area (Å²) in [6.45, 7) is 4.23. The third-order valence-electron chi connectivity index (χ3n) is 3.42. The standard InChI is InChI=1S/C16H20N2O/c1-11-6-7-13(9-12(11)2)10-15(17)14-5-4-8-18-16(14)19-3/h4-9,15H,10,17H2,1-3H3. The second-order valence-corrected chi connectivity index (χ2v) is 4.83. The number of aromatic nitrogens is 1. The van der Waals surface area contributed by atoms with E-state index in [1.165, 1.54) is 16.7 Å². The predicted octanol–water partition coefficient (Wildman–Crippen LogP) is 2.95. The average Bonchev–Trinajstić information content (AvgIpc) is 2.43. The number of benzene rings is 1. The Bertz CT molecular complexity index is 566. The Morgan fingerprint density at radius 1 is 1.21 bits per heavy atom. The van der Waals surface area contributed by atoms with Crippen molar-refractivity contribution in [3.63, 3.8) is 0 Å². The molecule has 0 aliphatic rings. The van der Waals surface area contributed by atoms with Crippen molar-refractivity contribution in [1.82, 2.24) is 4.98 Å². The van der Waals surface area contributed by atoms with Crippen molar-refractivity contribution in [2.45, 2.75) is 26.3 Å². The molecular weight excluding hydrogens is 236 g/mol. The summed E-state index contributed by atoms with van der Waals surface area (Å²) in [6.07, 6.45) is 2.49. The first-order chi connectivity index (χ1) is 9.11. The van der Waals surface area contributed by atoms with Gasteiger partial charge in [0, 0.05) is 17.8 Å². The van der Waals surface area contributed by atoms with Gasteiger partial charge >= 0.3 is 0 Å². The number of nitrogens with zero attached hydrogens (tertiary/aromatic N) is 1. The van der Waals surface area contributed by atoms with E-state index in [0.29, 0.717) is 5.88 Å². The van der Waals surface area contributed by atoms with Gasteiger partial charge in [-0.15, -0.1) is 0 Å². The van der Waals surface area contributed by atoms with Crippen LogP contribution in [0.2, 0.25) is 0 Å². The summed E-state index contributed by atoms with van der Waals surface area (Å²) in [5.74, 6) is 0.610. The Morgan fingerprint density at radius 2 is 2.00 bits per heavy atom. The third kappa shape index (κ3) is 3.12. The molecule has 3 heteroatoms. The zero-order valence-electron chi connectivity index (χ0n) is 11.7. The largest absolute Gasteiger partial charge is 0.481 e. The van der Waals surface area contributed by atoms with Crippen molar-refractivity contribution >= 4 is 0 Å². The summed E-state index contributed by atoms with van der Waals surface area (Å²) in [5, 5.41) is 0. The normalized spacial score (nSPS) is 12.2. The minimum atomic E-state index is -0.106. The van der Waals surface area contributed by atoms with Gasteiger partial charge in [-0.2, -0.15) is 0 Å². The van der Waals surface area contributed by atoms with Crippen molar-refractivity contribution in [2.75, 3.05) is 7.11 Å². The van der Waals surface area contributed by atoms with Crippen LogP contribution in [-0.2, 0) is 6.42 Å². The minimum absolute atomic E-state index is 0.106. The highest BCUT2D eigenvalue weighted by atomic mass is 16.5. The van der Waals surface area contributed by atoms with E-state index in [1.807, 2.05) is 12.1 Å². The Morgan fingerprint density at radius 3 is 2.68 bits per heavy atom. The summed E-state index contributed by atoms with van der Waals surface area (Å²) < 4.78 is 5.26. The van der Waals surface area contributed by atoms with Gasteiger partial charge in [0.15, 0.2) is 0 Å². The van der Waals surface area contributed by atoms with Crippen molar-refractivity contribution in [3.8, 4) is 5.88 Å². The van der Waals surface area contributed by atoms with E-state index in [1.54, 1.807) is 13.3 Å². The van der Waals surface area contributed by atoms with Crippen molar-refractivity contribution < 1.29 is 4.74 Å². The molecule has 19 heavy (non-hydrogen) atoms. The van der Waals surface area contributed by atoms with Gasteiger partial charge in [0.1, 0.15) is 0 Å². The number of ether oxygens (including phenoxy) is 1. The van der Waals surface area contributed by atoms with Crippen molar-refractivity contribution in [3.05, 3.63) is 58.8 Å². The summed E-state index contributed by atoms with van der Waals surface area (Å²) in [7, 11) is 1.62. The number of pyridine rings is 1. The molecular formula is C16H20N2O. The maximum absolute atomic E-state index is 6.27. The summed E-state index contributed by atoms with van der Waals surface area (Å²) >= 11 is 0. The maximum Gasteiger partial charge on any atom is 0.217 e. The van der Waals surface area contributed by atoms with Crippen LogP contribution in [0.3, 0.4) is 0 Å². The highest BCUT2D eigenvalue weighted by Gasteiger charge is 2.13. The van der Waals surface area contributed by atoms with Crippen LogP contribution in [0, 0.1) is 13.8 Å². The molecule has 0 amide bonds. The van der Waals surface area contributed by atoms with Gasteiger partial charge in [0.2, 0.25) is 5.88 Å². The van der Waals surface area contributed by atoms with Gasteiger partial charge < -0.3 is 10.5 Å². The fraction of sp³-hybridized carbons (Fsp3) is 0.312. The molecule has 0 aliphatic carbocycles. The molecule has 3 nitrogen and oxygen atoms in total. The molecule has 1 aromatic carbocycles. The van der Waals surface area contributed by atoms with Crippen LogP contribution in [0.25, 0.3) is 0 Å². The van der Waals surface area contributed by atoms with Crippen molar-refractivity contribution in [2.24, 2.45) is 5.73 Å². The fourth-order valence-electron chi connectivity index (χ4n) is 2.15. The summed E-state index contributed by atoms with van der Waals surface area (Å²) in [6, 6.07) is 10.2. The van der Waals surface area contributed by atoms with Gasteiger partial charge in [-0.25, -0.2) is 4.98 Å². The zero-order chi connectivity index (χ0) is 13.8. The lowest BCUT2D eigenvalue weighted by atomic mass is 9.98. The van der Waals surface area contributed by atoms with Crippen LogP contribution in [0.5, 0.6) is 5.88 Å². The molecule has 100 valence electrons. The highest BCUT2D eigenvalue weighted by Crippen LogP contribution is 2.24. The summed E-state index contributed by atoms with van der Waals surface area (Å²) in [4.78, 5) is 4.19. The van der Waals surface area contributed by atoms with Crippen LogP contribution in [0.15, 0.2) is 36.5 Å². The first-order valence-corrected chi connectivity index (χ1v) is 6.42. The van der Waals surface area contributed by atoms with E-state index in [9.17, 15) is 0 Å². The maximum atomic E-state index is 6.27. The monoisotopic (exact) mass is 256 g/mol. The molecule has 0 saturated heterocycles. The van der Waals surface area contributed by atoms with Gasteiger partial charge in [-0.05, 0) is 43.0 Å². The Labute approximate surface area is 114 Å². The van der Waals surface area contributed by atoms with Crippen molar-refractivity contribution in [1.29, 1.82) is 0 Å². The number of methoxy groups -OCH3 is 1.